The molecule has 0 spiro atoms. The molecule has 0 radical (unpaired) electrons. The molecule has 0 atom stereocenters. The highest BCUT2D eigenvalue weighted by Crippen LogP contribution is 2.25. The standard InChI is InChI=1S/C13H16ClN3S/c1-17(7-12-8-18-9-16-12)13-6-11(14)3-2-10(13)4-5-15/h2-3,6,8-9H,4-5,7,15H2,1H3. The average Bonchev–Trinajstić information content (AvgIpc) is 2.84. The Morgan fingerprint density at radius 2 is 2.28 bits per heavy atom. The van der Waals surface area contributed by atoms with Crippen LogP contribution in [0.25, 0.3) is 0 Å². The maximum Gasteiger partial charge on any atom is 0.0795 e. The summed E-state index contributed by atoms with van der Waals surface area (Å²) in [5.41, 5.74) is 10.9. The largest absolute Gasteiger partial charge is 0.368 e. The molecule has 1 aromatic carbocycles. The summed E-state index contributed by atoms with van der Waals surface area (Å²) in [4.78, 5) is 6.46. The number of nitrogens with zero attached hydrogens (tertiary/aromatic N) is 2. The fourth-order valence-electron chi connectivity index (χ4n) is 1.90. The molecule has 1 aromatic heterocycles. The van der Waals surface area contributed by atoms with Gasteiger partial charge in [0, 0.05) is 23.1 Å². The highest BCUT2D eigenvalue weighted by Gasteiger charge is 2.09. The van der Waals surface area contributed by atoms with Crippen LogP contribution in [0.15, 0.2) is 29.1 Å². The first-order valence-electron chi connectivity index (χ1n) is 5.77. The van der Waals surface area contributed by atoms with Gasteiger partial charge in [0.05, 0.1) is 17.7 Å². The molecule has 0 aliphatic carbocycles. The second-order valence-electron chi connectivity index (χ2n) is 4.15. The predicted molar refractivity (Wildman–Crippen MR) is 78.4 cm³/mol. The van der Waals surface area contributed by atoms with Gasteiger partial charge in [0.1, 0.15) is 0 Å². The van der Waals surface area contributed by atoms with Crippen LogP contribution in [0.5, 0.6) is 0 Å². The van der Waals surface area contributed by atoms with Crippen LogP contribution in [0.4, 0.5) is 5.69 Å². The van der Waals surface area contributed by atoms with Gasteiger partial charge in [0.15, 0.2) is 0 Å². The molecule has 0 amide bonds. The first-order valence-corrected chi connectivity index (χ1v) is 7.09. The van der Waals surface area contributed by atoms with E-state index in [0.29, 0.717) is 6.54 Å². The van der Waals surface area contributed by atoms with Gasteiger partial charge < -0.3 is 10.6 Å². The van der Waals surface area contributed by atoms with Gasteiger partial charge in [-0.05, 0) is 30.7 Å². The summed E-state index contributed by atoms with van der Waals surface area (Å²) in [5, 5.41) is 2.81. The zero-order valence-corrected chi connectivity index (χ0v) is 11.8. The minimum absolute atomic E-state index is 0.638. The van der Waals surface area contributed by atoms with E-state index in [9.17, 15) is 0 Å². The monoisotopic (exact) mass is 281 g/mol. The van der Waals surface area contributed by atoms with Crippen molar-refractivity contribution in [2.45, 2.75) is 13.0 Å². The van der Waals surface area contributed by atoms with Crippen LogP contribution in [0.2, 0.25) is 5.02 Å². The lowest BCUT2D eigenvalue weighted by molar-refractivity contribution is 0.873. The van der Waals surface area contributed by atoms with E-state index in [1.807, 2.05) is 30.8 Å². The zero-order chi connectivity index (χ0) is 13.0. The summed E-state index contributed by atoms with van der Waals surface area (Å²) in [6.07, 6.45) is 0.855. The Morgan fingerprint density at radius 1 is 1.44 bits per heavy atom. The van der Waals surface area contributed by atoms with Gasteiger partial charge in [0.2, 0.25) is 0 Å². The van der Waals surface area contributed by atoms with Gasteiger partial charge in [0.25, 0.3) is 0 Å². The molecule has 96 valence electrons. The highest BCUT2D eigenvalue weighted by atomic mass is 35.5. The van der Waals surface area contributed by atoms with Crippen LogP contribution >= 0.6 is 22.9 Å². The summed E-state index contributed by atoms with van der Waals surface area (Å²) < 4.78 is 0. The van der Waals surface area contributed by atoms with Crippen molar-refractivity contribution in [1.29, 1.82) is 0 Å². The van der Waals surface area contributed by atoms with Crippen LogP contribution < -0.4 is 10.6 Å². The van der Waals surface area contributed by atoms with Crippen molar-refractivity contribution in [2.24, 2.45) is 5.73 Å². The van der Waals surface area contributed by atoms with E-state index in [1.54, 1.807) is 11.3 Å². The van der Waals surface area contributed by atoms with Gasteiger partial charge in [-0.1, -0.05) is 17.7 Å². The van der Waals surface area contributed by atoms with Crippen LogP contribution in [-0.4, -0.2) is 18.6 Å². The maximum atomic E-state index is 6.07. The van der Waals surface area contributed by atoms with E-state index in [0.717, 1.165) is 29.4 Å². The molecule has 0 bridgehead atoms. The molecule has 2 rings (SSSR count). The number of benzene rings is 1. The van der Waals surface area contributed by atoms with Crippen LogP contribution in [-0.2, 0) is 13.0 Å². The molecule has 0 saturated carbocycles. The second kappa shape index (κ2) is 6.18. The Morgan fingerprint density at radius 3 is 2.94 bits per heavy atom. The normalized spacial score (nSPS) is 10.6. The zero-order valence-electron chi connectivity index (χ0n) is 10.3. The third-order valence-electron chi connectivity index (χ3n) is 2.75. The molecule has 2 N–H and O–H groups in total. The number of hydrogen-bond acceptors (Lipinski definition) is 4. The van der Waals surface area contributed by atoms with Crippen molar-refractivity contribution in [3.05, 3.63) is 45.4 Å². The second-order valence-corrected chi connectivity index (χ2v) is 5.30. The summed E-state index contributed by atoms with van der Waals surface area (Å²) >= 11 is 7.68. The van der Waals surface area contributed by atoms with Crippen molar-refractivity contribution in [1.82, 2.24) is 4.98 Å². The molecule has 5 heteroatoms. The van der Waals surface area contributed by atoms with E-state index in [-0.39, 0.29) is 0 Å². The van der Waals surface area contributed by atoms with Gasteiger partial charge in [-0.15, -0.1) is 11.3 Å². The van der Waals surface area contributed by atoms with E-state index in [2.05, 4.69) is 15.3 Å². The lowest BCUT2D eigenvalue weighted by Crippen LogP contribution is -2.19. The van der Waals surface area contributed by atoms with E-state index in [1.165, 1.54) is 5.56 Å². The molecular weight excluding hydrogens is 266 g/mol. The Hall–Kier alpha value is -1.10. The summed E-state index contributed by atoms with van der Waals surface area (Å²) in [5.74, 6) is 0. The molecule has 18 heavy (non-hydrogen) atoms. The molecule has 2 aromatic rings. The lowest BCUT2D eigenvalue weighted by Gasteiger charge is -2.22. The molecule has 0 aliphatic heterocycles. The number of thiazole rings is 1. The molecule has 1 heterocycles. The topological polar surface area (TPSA) is 42.2 Å². The third-order valence-corrected chi connectivity index (χ3v) is 3.63. The minimum Gasteiger partial charge on any atom is -0.368 e. The number of halogens is 1. The molecule has 0 fully saturated rings. The number of nitrogens with two attached hydrogens (primary N) is 1. The third kappa shape index (κ3) is 3.22. The molecule has 0 aliphatic rings. The fraction of sp³-hybridized carbons (Fsp3) is 0.308. The van der Waals surface area contributed by atoms with Crippen molar-refractivity contribution in [2.75, 3.05) is 18.5 Å². The van der Waals surface area contributed by atoms with Gasteiger partial charge >= 0.3 is 0 Å². The number of aromatic nitrogens is 1. The van der Waals surface area contributed by atoms with Crippen molar-refractivity contribution in [3.8, 4) is 0 Å². The van der Waals surface area contributed by atoms with Crippen LogP contribution in [0.3, 0.4) is 0 Å². The Labute approximate surface area is 116 Å². The van der Waals surface area contributed by atoms with Gasteiger partial charge in [-0.3, -0.25) is 0 Å². The Kier molecular flexibility index (Phi) is 4.58. The van der Waals surface area contributed by atoms with E-state index < -0.39 is 0 Å². The van der Waals surface area contributed by atoms with E-state index >= 15 is 0 Å². The van der Waals surface area contributed by atoms with Crippen LogP contribution in [0.1, 0.15) is 11.3 Å². The first-order chi connectivity index (χ1) is 8.70. The average molecular weight is 282 g/mol. The Balaban J connectivity index is 2.22. The Bertz CT molecular complexity index is 499. The molecular formula is C13H16ClN3S. The maximum absolute atomic E-state index is 6.07. The smallest absolute Gasteiger partial charge is 0.0795 e. The first kappa shape index (κ1) is 13.3. The fourth-order valence-corrected chi connectivity index (χ4v) is 2.62. The molecule has 0 unspecified atom stereocenters. The molecule has 0 saturated heterocycles. The number of anilines is 1. The van der Waals surface area contributed by atoms with Crippen LogP contribution in [0, 0.1) is 0 Å². The SMILES string of the molecule is CN(Cc1cscn1)c1cc(Cl)ccc1CCN. The summed E-state index contributed by atoms with van der Waals surface area (Å²) in [6.45, 7) is 1.42. The minimum atomic E-state index is 0.638. The quantitative estimate of drug-likeness (QED) is 0.916. The number of hydrogen-bond donors (Lipinski definition) is 1. The van der Waals surface area contributed by atoms with Gasteiger partial charge in [-0.25, -0.2) is 4.98 Å². The van der Waals surface area contributed by atoms with Gasteiger partial charge in [-0.2, -0.15) is 0 Å². The van der Waals surface area contributed by atoms with Crippen molar-refractivity contribution in [3.63, 3.8) is 0 Å². The van der Waals surface area contributed by atoms with Crippen molar-refractivity contribution >= 4 is 28.6 Å². The number of rotatable bonds is 5. The lowest BCUT2D eigenvalue weighted by atomic mass is 10.1. The summed E-state index contributed by atoms with van der Waals surface area (Å²) in [6, 6.07) is 5.94. The highest BCUT2D eigenvalue weighted by molar-refractivity contribution is 7.07. The molecule has 3 nitrogen and oxygen atoms in total. The predicted octanol–water partition coefficient (Wildman–Crippen LogP) is 2.93. The van der Waals surface area contributed by atoms with Crippen molar-refractivity contribution < 1.29 is 0 Å². The summed E-state index contributed by atoms with van der Waals surface area (Å²) in [7, 11) is 2.05. The van der Waals surface area contributed by atoms with E-state index in [4.69, 9.17) is 17.3 Å².